The fourth-order valence-corrected chi connectivity index (χ4v) is 3.03. The van der Waals surface area contributed by atoms with E-state index >= 15 is 0 Å². The van der Waals surface area contributed by atoms with Gasteiger partial charge in [0.25, 0.3) is 0 Å². The van der Waals surface area contributed by atoms with Crippen molar-refractivity contribution in [1.29, 1.82) is 0 Å². The molecule has 1 atom stereocenters. The molecular formula is C16H21ClF3N3O2. The Balaban J connectivity index is 1.80. The molecule has 9 heteroatoms. The summed E-state index contributed by atoms with van der Waals surface area (Å²) in [4.78, 5) is 17.6. The fraction of sp³-hybridized carbons (Fsp3) is 0.625. The van der Waals surface area contributed by atoms with Crippen molar-refractivity contribution in [2.75, 3.05) is 25.0 Å². The lowest BCUT2D eigenvalue weighted by Crippen LogP contribution is -2.41. The summed E-state index contributed by atoms with van der Waals surface area (Å²) in [5.41, 5.74) is -0.917. The summed E-state index contributed by atoms with van der Waals surface area (Å²) in [7, 11) is 0. The van der Waals surface area contributed by atoms with E-state index in [2.05, 4.69) is 10.3 Å². The molecule has 2 N–H and O–H groups in total. The van der Waals surface area contributed by atoms with Gasteiger partial charge in [-0.05, 0) is 31.7 Å². The van der Waals surface area contributed by atoms with Crippen LogP contribution < -0.4 is 5.32 Å². The minimum Gasteiger partial charge on any atom is -0.393 e. The molecule has 1 aromatic heterocycles. The summed E-state index contributed by atoms with van der Waals surface area (Å²) in [6, 6.07) is 0.805. The number of pyridine rings is 1. The van der Waals surface area contributed by atoms with Gasteiger partial charge in [-0.3, -0.25) is 4.79 Å². The van der Waals surface area contributed by atoms with E-state index in [1.807, 2.05) is 0 Å². The minimum absolute atomic E-state index is 0.0421. The van der Waals surface area contributed by atoms with Crippen LogP contribution in [0.3, 0.4) is 0 Å². The predicted molar refractivity (Wildman–Crippen MR) is 88.3 cm³/mol. The first-order valence-corrected chi connectivity index (χ1v) is 8.48. The quantitative estimate of drug-likeness (QED) is 0.824. The van der Waals surface area contributed by atoms with E-state index in [0.29, 0.717) is 19.3 Å². The molecule has 0 spiro atoms. The number of nitrogens with zero attached hydrogens (tertiary/aromatic N) is 2. The average molecular weight is 380 g/mol. The van der Waals surface area contributed by atoms with Gasteiger partial charge in [-0.2, -0.15) is 13.2 Å². The number of aromatic nitrogens is 1. The Morgan fingerprint density at radius 2 is 2.12 bits per heavy atom. The maximum Gasteiger partial charge on any atom is 0.417 e. The number of amides is 1. The van der Waals surface area contributed by atoms with E-state index < -0.39 is 11.7 Å². The second-order valence-electron chi connectivity index (χ2n) is 6.19. The second-order valence-corrected chi connectivity index (χ2v) is 6.59. The van der Waals surface area contributed by atoms with Crippen LogP contribution >= 0.6 is 11.6 Å². The summed E-state index contributed by atoms with van der Waals surface area (Å²) in [5, 5.41) is 12.2. The van der Waals surface area contributed by atoms with Gasteiger partial charge in [0.15, 0.2) is 0 Å². The second kappa shape index (κ2) is 8.23. The van der Waals surface area contributed by atoms with Gasteiger partial charge in [0.05, 0.1) is 16.7 Å². The van der Waals surface area contributed by atoms with Gasteiger partial charge in [-0.15, -0.1) is 0 Å². The minimum atomic E-state index is -4.50. The molecule has 140 valence electrons. The van der Waals surface area contributed by atoms with E-state index in [0.717, 1.165) is 18.9 Å². The zero-order valence-electron chi connectivity index (χ0n) is 13.8. The van der Waals surface area contributed by atoms with Crippen molar-refractivity contribution in [3.63, 3.8) is 0 Å². The van der Waals surface area contributed by atoms with Crippen LogP contribution in [0.15, 0.2) is 12.3 Å². The molecule has 1 aliphatic rings. The number of carbonyl (C=O) groups excluding carboxylic acids is 1. The Kier molecular flexibility index (Phi) is 6.51. The number of aliphatic hydroxyl groups is 1. The van der Waals surface area contributed by atoms with E-state index in [-0.39, 0.29) is 41.7 Å². The molecule has 1 unspecified atom stereocenters. The molecule has 2 heterocycles. The monoisotopic (exact) mass is 379 g/mol. The van der Waals surface area contributed by atoms with Crippen molar-refractivity contribution < 1.29 is 23.1 Å². The Hall–Kier alpha value is -1.54. The molecule has 2 rings (SSSR count). The van der Waals surface area contributed by atoms with Crippen LogP contribution in [0, 0.1) is 5.92 Å². The fourth-order valence-electron chi connectivity index (χ4n) is 2.80. The highest BCUT2D eigenvalue weighted by molar-refractivity contribution is 6.32. The Morgan fingerprint density at radius 1 is 1.48 bits per heavy atom. The lowest BCUT2D eigenvalue weighted by Gasteiger charge is -2.33. The number of carbonyl (C=O) groups is 1. The predicted octanol–water partition coefficient (Wildman–Crippen LogP) is 3.18. The van der Waals surface area contributed by atoms with Crippen LogP contribution in [0.5, 0.6) is 0 Å². The van der Waals surface area contributed by atoms with E-state index in [9.17, 15) is 23.1 Å². The van der Waals surface area contributed by atoms with Crippen LogP contribution in [0.4, 0.5) is 19.0 Å². The maximum absolute atomic E-state index is 12.6. The number of nitrogens with one attached hydrogen (secondary N) is 1. The van der Waals surface area contributed by atoms with Gasteiger partial charge in [0.2, 0.25) is 5.91 Å². The number of halogens is 4. The van der Waals surface area contributed by atoms with Crippen molar-refractivity contribution in [3.8, 4) is 0 Å². The Labute approximate surface area is 149 Å². The topological polar surface area (TPSA) is 65.5 Å². The summed E-state index contributed by atoms with van der Waals surface area (Å²) in [6.07, 6.45) is -2.43. The van der Waals surface area contributed by atoms with E-state index in [1.165, 1.54) is 0 Å². The maximum atomic E-state index is 12.6. The van der Waals surface area contributed by atoms with Crippen molar-refractivity contribution in [2.24, 2.45) is 5.92 Å². The number of hydrogen-bond acceptors (Lipinski definition) is 4. The number of likely N-dealkylation sites (tertiary alicyclic amines) is 1. The lowest BCUT2D eigenvalue weighted by atomic mass is 9.92. The highest BCUT2D eigenvalue weighted by Crippen LogP contribution is 2.32. The number of alkyl halides is 3. The van der Waals surface area contributed by atoms with E-state index in [1.54, 1.807) is 11.8 Å². The van der Waals surface area contributed by atoms with Gasteiger partial charge in [-0.25, -0.2) is 4.98 Å². The SMILES string of the molecule is CC(O)C1CCN(C(=O)CCNc2ncc(C(F)(F)F)cc2Cl)CC1. The molecule has 1 fully saturated rings. The van der Waals surface area contributed by atoms with Crippen LogP contribution in [0.2, 0.25) is 5.02 Å². The number of hydrogen-bond donors (Lipinski definition) is 2. The highest BCUT2D eigenvalue weighted by Gasteiger charge is 2.31. The summed E-state index contributed by atoms with van der Waals surface area (Å²) < 4.78 is 37.7. The molecule has 25 heavy (non-hydrogen) atoms. The number of anilines is 1. The first kappa shape index (κ1) is 19.8. The molecule has 0 saturated carbocycles. The average Bonchev–Trinajstić information content (AvgIpc) is 2.55. The van der Waals surface area contributed by atoms with Crippen molar-refractivity contribution >= 4 is 23.3 Å². The summed E-state index contributed by atoms with van der Waals surface area (Å²) >= 11 is 5.80. The first-order valence-electron chi connectivity index (χ1n) is 8.11. The van der Waals surface area contributed by atoms with Gasteiger partial charge in [0.1, 0.15) is 5.82 Å². The summed E-state index contributed by atoms with van der Waals surface area (Å²) in [6.45, 7) is 3.20. The Bertz CT molecular complexity index is 603. The molecule has 0 radical (unpaired) electrons. The zero-order valence-corrected chi connectivity index (χ0v) is 14.6. The smallest absolute Gasteiger partial charge is 0.393 e. The largest absolute Gasteiger partial charge is 0.417 e. The van der Waals surface area contributed by atoms with Crippen molar-refractivity contribution in [1.82, 2.24) is 9.88 Å². The zero-order chi connectivity index (χ0) is 18.6. The molecular weight excluding hydrogens is 359 g/mol. The number of aliphatic hydroxyl groups excluding tert-OH is 1. The molecule has 1 aromatic rings. The molecule has 0 bridgehead atoms. The van der Waals surface area contributed by atoms with Gasteiger partial charge in [0, 0.05) is 32.3 Å². The molecule has 1 aliphatic heterocycles. The molecule has 0 aliphatic carbocycles. The third kappa shape index (κ3) is 5.47. The molecule has 5 nitrogen and oxygen atoms in total. The van der Waals surface area contributed by atoms with Gasteiger partial charge in [-0.1, -0.05) is 11.6 Å². The van der Waals surface area contributed by atoms with Crippen LogP contribution in [0.1, 0.15) is 31.7 Å². The van der Waals surface area contributed by atoms with Gasteiger partial charge < -0.3 is 15.3 Å². The number of piperidine rings is 1. The highest BCUT2D eigenvalue weighted by atomic mass is 35.5. The van der Waals surface area contributed by atoms with Crippen LogP contribution in [0.25, 0.3) is 0 Å². The van der Waals surface area contributed by atoms with Crippen molar-refractivity contribution in [3.05, 3.63) is 22.8 Å². The van der Waals surface area contributed by atoms with Gasteiger partial charge >= 0.3 is 6.18 Å². The standard InChI is InChI=1S/C16H21ClF3N3O2/c1-10(24)11-3-6-23(7-4-11)14(25)2-5-21-15-13(17)8-12(9-22-15)16(18,19)20/h8-11,24H,2-7H2,1H3,(H,21,22). The summed E-state index contributed by atoms with van der Waals surface area (Å²) in [5.74, 6) is 0.298. The first-order chi connectivity index (χ1) is 11.7. The third-order valence-corrected chi connectivity index (χ3v) is 4.66. The molecule has 1 amide bonds. The normalized spacial score (nSPS) is 17.4. The Morgan fingerprint density at radius 3 is 2.64 bits per heavy atom. The van der Waals surface area contributed by atoms with Crippen LogP contribution in [-0.4, -0.2) is 46.6 Å². The third-order valence-electron chi connectivity index (χ3n) is 4.37. The lowest BCUT2D eigenvalue weighted by molar-refractivity contribution is -0.137. The number of rotatable bonds is 5. The van der Waals surface area contributed by atoms with Crippen LogP contribution in [-0.2, 0) is 11.0 Å². The molecule has 1 saturated heterocycles. The van der Waals surface area contributed by atoms with E-state index in [4.69, 9.17) is 11.6 Å². The van der Waals surface area contributed by atoms with Crippen molar-refractivity contribution in [2.45, 2.75) is 38.5 Å². The molecule has 0 aromatic carbocycles.